The van der Waals surface area contributed by atoms with Crippen LogP contribution in [0.15, 0.2) is 0 Å². The Labute approximate surface area is 147 Å². The number of halogens is 16. The Morgan fingerprint density at radius 1 is 0.481 bits per heavy atom. The van der Waals surface area contributed by atoms with Crippen LogP contribution in [0.2, 0.25) is 0 Å². The topological polar surface area (TPSA) is 34.1 Å². The van der Waals surface area contributed by atoms with Gasteiger partial charge in [0, 0.05) is 0 Å². The van der Waals surface area contributed by atoms with Crippen molar-refractivity contribution in [2.75, 3.05) is 0 Å². The molecule has 160 valence electrons. The van der Waals surface area contributed by atoms with Crippen molar-refractivity contribution in [3.8, 4) is 0 Å². The maximum atomic E-state index is 13.8. The van der Waals surface area contributed by atoms with E-state index in [2.05, 4.69) is 23.2 Å². The van der Waals surface area contributed by atoms with Gasteiger partial charge in [0.1, 0.15) is 0 Å². The van der Waals surface area contributed by atoms with Crippen LogP contribution in [0.4, 0.5) is 61.5 Å². The first kappa shape index (κ1) is 25.9. The summed E-state index contributed by atoms with van der Waals surface area (Å²) in [5, 5.41) is -8.51. The zero-order chi connectivity index (χ0) is 22.7. The second-order valence-electron chi connectivity index (χ2n) is 4.59. The molecule has 0 unspecified atom stereocenters. The summed E-state index contributed by atoms with van der Waals surface area (Å²) in [4.78, 5) is 21.1. The highest BCUT2D eigenvalue weighted by molar-refractivity contribution is 6.66. The monoisotopic (exact) mass is 476 g/mol. The zero-order valence-electron chi connectivity index (χ0n) is 11.4. The summed E-state index contributed by atoms with van der Waals surface area (Å²) in [7, 11) is 0. The zero-order valence-corrected chi connectivity index (χ0v) is 12.9. The second-order valence-corrected chi connectivity index (χ2v) is 5.28. The van der Waals surface area contributed by atoms with Crippen molar-refractivity contribution < 1.29 is 71.1 Å². The van der Waals surface area contributed by atoms with E-state index in [1.807, 2.05) is 0 Å². The van der Waals surface area contributed by atoms with Gasteiger partial charge in [-0.1, -0.05) is 0 Å². The number of carbonyl (C=O) groups excluding carboxylic acids is 2. The first-order valence-electron chi connectivity index (χ1n) is 5.43. The summed E-state index contributed by atoms with van der Waals surface area (Å²) in [6.45, 7) is 0. The lowest BCUT2D eigenvalue weighted by Gasteiger charge is -2.47. The predicted molar refractivity (Wildman–Crippen MR) is 56.1 cm³/mol. The Hall–Kier alpha value is -1.06. The van der Waals surface area contributed by atoms with Crippen molar-refractivity contribution in [3.63, 3.8) is 0 Å². The maximum Gasteiger partial charge on any atom is 0.454 e. The van der Waals surface area contributed by atoms with E-state index < -0.39 is 51.9 Å². The third-order valence-corrected chi connectivity index (χ3v) is 3.58. The summed E-state index contributed by atoms with van der Waals surface area (Å²) in [5.41, 5.74) is -8.06. The van der Waals surface area contributed by atoms with Gasteiger partial charge in [0.25, 0.3) is 10.7 Å². The minimum Gasteiger partial charge on any atom is -0.280 e. The molecule has 0 bridgehead atoms. The van der Waals surface area contributed by atoms with Gasteiger partial charge >= 0.3 is 36.0 Å². The number of carbonyl (C=O) groups is 2. The molecule has 0 aromatic heterocycles. The Balaban J connectivity index is 7.77. The van der Waals surface area contributed by atoms with E-state index in [-0.39, 0.29) is 0 Å². The minimum atomic E-state index is -8.25. The van der Waals surface area contributed by atoms with Crippen molar-refractivity contribution in [2.45, 2.75) is 36.0 Å². The smallest absolute Gasteiger partial charge is 0.280 e. The number of hydrogen-bond acceptors (Lipinski definition) is 2. The van der Waals surface area contributed by atoms with Crippen LogP contribution in [-0.4, -0.2) is 46.5 Å². The summed E-state index contributed by atoms with van der Waals surface area (Å²) in [6.07, 6.45) is -15.8. The van der Waals surface area contributed by atoms with Crippen molar-refractivity contribution in [1.29, 1.82) is 0 Å². The quantitative estimate of drug-likeness (QED) is 0.391. The molecule has 27 heavy (non-hydrogen) atoms. The van der Waals surface area contributed by atoms with Crippen LogP contribution in [0, 0.1) is 5.41 Å². The molecule has 0 aromatic rings. The molecular formula is C9Cl2F14O2. The Morgan fingerprint density at radius 2 is 0.741 bits per heavy atom. The molecular weight excluding hydrogens is 477 g/mol. The lowest BCUT2D eigenvalue weighted by molar-refractivity contribution is -0.442. The van der Waals surface area contributed by atoms with Crippen molar-refractivity contribution >= 4 is 33.7 Å². The maximum absolute atomic E-state index is 13.8. The first-order chi connectivity index (χ1) is 11.4. The van der Waals surface area contributed by atoms with Crippen molar-refractivity contribution in [3.05, 3.63) is 0 Å². The SMILES string of the molecule is O=C(Cl)C(F)(F)C(F)(F)C(C(=O)Cl)(C(F)(F)C(F)(F)F)C(F)(F)C(F)(F)F. The second kappa shape index (κ2) is 6.49. The third-order valence-electron chi connectivity index (χ3n) is 3.06. The van der Waals surface area contributed by atoms with Gasteiger partial charge in [-0.15, -0.1) is 0 Å². The molecule has 0 N–H and O–H groups in total. The minimum absolute atomic E-state index is 3.81. The molecule has 0 aromatic carbocycles. The van der Waals surface area contributed by atoms with Gasteiger partial charge in [0.05, 0.1) is 0 Å². The van der Waals surface area contributed by atoms with Crippen molar-refractivity contribution in [1.82, 2.24) is 0 Å². The fourth-order valence-corrected chi connectivity index (χ4v) is 2.22. The summed E-state index contributed by atoms with van der Waals surface area (Å²) < 4.78 is 182. The molecule has 18 heteroatoms. The van der Waals surface area contributed by atoms with E-state index in [4.69, 9.17) is 0 Å². The van der Waals surface area contributed by atoms with E-state index in [1.54, 1.807) is 0 Å². The van der Waals surface area contributed by atoms with E-state index in [0.717, 1.165) is 0 Å². The fourth-order valence-electron chi connectivity index (χ4n) is 1.75. The molecule has 0 rings (SSSR count). The highest BCUT2D eigenvalue weighted by atomic mass is 35.5. The molecule has 0 saturated carbocycles. The average molecular weight is 477 g/mol. The third kappa shape index (κ3) is 3.11. The highest BCUT2D eigenvalue weighted by Crippen LogP contribution is 2.69. The van der Waals surface area contributed by atoms with Gasteiger partial charge in [0.15, 0.2) is 0 Å². The van der Waals surface area contributed by atoms with Gasteiger partial charge in [-0.3, -0.25) is 9.59 Å². The molecule has 0 heterocycles. The van der Waals surface area contributed by atoms with Crippen LogP contribution in [0.25, 0.3) is 0 Å². The Bertz CT molecular complexity index is 593. The standard InChI is InChI=1S/C9Cl2F14O2/c10-1(26)3(6(16,17)8(20,21)22,7(18,19)9(23,24)25)5(14,15)4(12,13)2(11)27. The predicted octanol–water partition coefficient (Wildman–Crippen LogP) is 5.17. The van der Waals surface area contributed by atoms with Crippen LogP contribution < -0.4 is 0 Å². The molecule has 0 aliphatic carbocycles. The number of rotatable bonds is 6. The van der Waals surface area contributed by atoms with E-state index >= 15 is 0 Å². The lowest BCUT2D eigenvalue weighted by atomic mass is 9.68. The largest absolute Gasteiger partial charge is 0.454 e. The highest BCUT2D eigenvalue weighted by Gasteiger charge is 2.98. The van der Waals surface area contributed by atoms with E-state index in [0.29, 0.717) is 0 Å². The van der Waals surface area contributed by atoms with Crippen LogP contribution in [0.5, 0.6) is 0 Å². The average Bonchev–Trinajstić information content (AvgIpc) is 2.34. The molecule has 0 amide bonds. The molecule has 2 nitrogen and oxygen atoms in total. The summed E-state index contributed by atoms with van der Waals surface area (Å²) in [5.74, 6) is -31.9. The van der Waals surface area contributed by atoms with Crippen molar-refractivity contribution in [2.24, 2.45) is 5.41 Å². The van der Waals surface area contributed by atoms with Crippen LogP contribution in [-0.2, 0) is 9.59 Å². The fraction of sp³-hybridized carbons (Fsp3) is 0.778. The van der Waals surface area contributed by atoms with Crippen LogP contribution in [0.3, 0.4) is 0 Å². The Kier molecular flexibility index (Phi) is 6.23. The molecule has 0 atom stereocenters. The van der Waals surface area contributed by atoms with Gasteiger partial charge in [-0.25, -0.2) is 0 Å². The van der Waals surface area contributed by atoms with E-state index in [1.165, 1.54) is 0 Å². The molecule has 0 fully saturated rings. The van der Waals surface area contributed by atoms with Crippen LogP contribution >= 0.6 is 23.2 Å². The molecule has 0 radical (unpaired) electrons. The lowest BCUT2D eigenvalue weighted by Crippen LogP contribution is -2.78. The molecule has 0 aliphatic rings. The normalized spacial score (nSPS) is 15.7. The molecule has 0 aliphatic heterocycles. The van der Waals surface area contributed by atoms with Gasteiger partial charge in [-0.05, 0) is 23.2 Å². The Morgan fingerprint density at radius 3 is 0.889 bits per heavy atom. The van der Waals surface area contributed by atoms with Crippen LogP contribution in [0.1, 0.15) is 0 Å². The number of alkyl halides is 14. The summed E-state index contributed by atoms with van der Waals surface area (Å²) in [6, 6.07) is 0. The summed E-state index contributed by atoms with van der Waals surface area (Å²) >= 11 is 7.63. The van der Waals surface area contributed by atoms with Gasteiger partial charge in [0.2, 0.25) is 5.24 Å². The molecule has 0 spiro atoms. The number of hydrogen-bond donors (Lipinski definition) is 0. The van der Waals surface area contributed by atoms with Gasteiger partial charge in [-0.2, -0.15) is 61.5 Å². The van der Waals surface area contributed by atoms with Gasteiger partial charge < -0.3 is 0 Å². The first-order valence-corrected chi connectivity index (χ1v) is 6.19. The molecule has 0 saturated heterocycles. The van der Waals surface area contributed by atoms with E-state index in [9.17, 15) is 71.1 Å².